The van der Waals surface area contributed by atoms with Crippen LogP contribution in [0.15, 0.2) is 18.5 Å². The third-order valence-corrected chi connectivity index (χ3v) is 3.59. The highest BCUT2D eigenvalue weighted by atomic mass is 15.3. The molecule has 0 radical (unpaired) electrons. The summed E-state index contributed by atoms with van der Waals surface area (Å²) in [5.41, 5.74) is 2.09. The molecule has 2 aromatic rings. The summed E-state index contributed by atoms with van der Waals surface area (Å²) in [6.45, 7) is 4.02. The van der Waals surface area contributed by atoms with E-state index in [1.165, 1.54) is 25.7 Å². The van der Waals surface area contributed by atoms with Crippen molar-refractivity contribution in [3.05, 3.63) is 29.8 Å². The van der Waals surface area contributed by atoms with E-state index in [-0.39, 0.29) is 0 Å². The standard InChI is InChI=1S/C14H19N5/c1-10-7-11(2)19(18-10)14-8-13(15-9-16-14)17-12-5-3-4-6-12/h7-9,12H,3-6H2,1-2H3,(H,15,16,17). The number of anilines is 1. The molecule has 1 aliphatic rings. The number of nitrogens with one attached hydrogen (secondary N) is 1. The first-order chi connectivity index (χ1) is 9.22. The van der Waals surface area contributed by atoms with Gasteiger partial charge in [-0.15, -0.1) is 0 Å². The minimum atomic E-state index is 0.559. The maximum atomic E-state index is 4.45. The number of aromatic nitrogens is 4. The van der Waals surface area contributed by atoms with Crippen LogP contribution in [0.3, 0.4) is 0 Å². The molecule has 1 N–H and O–H groups in total. The van der Waals surface area contributed by atoms with Crippen molar-refractivity contribution in [3.8, 4) is 5.82 Å². The third kappa shape index (κ3) is 2.59. The smallest absolute Gasteiger partial charge is 0.159 e. The maximum Gasteiger partial charge on any atom is 0.159 e. The van der Waals surface area contributed by atoms with E-state index in [1.54, 1.807) is 6.33 Å². The summed E-state index contributed by atoms with van der Waals surface area (Å²) in [7, 11) is 0. The molecule has 0 amide bonds. The molecule has 2 aromatic heterocycles. The van der Waals surface area contributed by atoms with Crippen molar-refractivity contribution in [3.63, 3.8) is 0 Å². The Morgan fingerprint density at radius 1 is 1.16 bits per heavy atom. The van der Waals surface area contributed by atoms with Crippen LogP contribution in [0.4, 0.5) is 5.82 Å². The van der Waals surface area contributed by atoms with Gasteiger partial charge >= 0.3 is 0 Å². The molecule has 5 heteroatoms. The SMILES string of the molecule is Cc1cc(C)n(-c2cc(NC3CCCC3)ncn2)n1. The fourth-order valence-electron chi connectivity index (χ4n) is 2.68. The van der Waals surface area contributed by atoms with Gasteiger partial charge in [0, 0.05) is 17.8 Å². The molecule has 5 nitrogen and oxygen atoms in total. The Bertz CT molecular complexity index is 569. The summed E-state index contributed by atoms with van der Waals surface area (Å²) in [5, 5.41) is 7.94. The van der Waals surface area contributed by atoms with E-state index in [2.05, 4.69) is 20.4 Å². The molecule has 1 fully saturated rings. The highest BCUT2D eigenvalue weighted by Crippen LogP contribution is 2.22. The summed E-state index contributed by atoms with van der Waals surface area (Å²) < 4.78 is 1.86. The maximum absolute atomic E-state index is 4.45. The van der Waals surface area contributed by atoms with Crippen LogP contribution < -0.4 is 5.32 Å². The van der Waals surface area contributed by atoms with E-state index in [4.69, 9.17) is 0 Å². The normalized spacial score (nSPS) is 15.9. The van der Waals surface area contributed by atoms with Gasteiger partial charge in [0.15, 0.2) is 5.82 Å². The van der Waals surface area contributed by atoms with Gasteiger partial charge in [0.05, 0.1) is 5.69 Å². The molecule has 1 aliphatic carbocycles. The largest absolute Gasteiger partial charge is 0.367 e. The Labute approximate surface area is 113 Å². The lowest BCUT2D eigenvalue weighted by molar-refractivity contribution is 0.746. The Balaban J connectivity index is 1.84. The first-order valence-electron chi connectivity index (χ1n) is 6.84. The summed E-state index contributed by atoms with van der Waals surface area (Å²) in [6.07, 6.45) is 6.70. The molecule has 1 saturated carbocycles. The van der Waals surface area contributed by atoms with Crippen molar-refractivity contribution < 1.29 is 0 Å². The molecule has 0 unspecified atom stereocenters. The predicted octanol–water partition coefficient (Wildman–Crippen LogP) is 2.63. The van der Waals surface area contributed by atoms with Crippen LogP contribution in [-0.2, 0) is 0 Å². The first-order valence-corrected chi connectivity index (χ1v) is 6.84. The van der Waals surface area contributed by atoms with E-state index in [1.807, 2.05) is 30.7 Å². The molecule has 2 heterocycles. The number of aryl methyl sites for hydroxylation is 2. The quantitative estimate of drug-likeness (QED) is 0.918. The van der Waals surface area contributed by atoms with Gasteiger partial charge in [-0.1, -0.05) is 12.8 Å². The minimum Gasteiger partial charge on any atom is -0.367 e. The number of hydrogen-bond acceptors (Lipinski definition) is 4. The molecular weight excluding hydrogens is 238 g/mol. The van der Waals surface area contributed by atoms with Crippen molar-refractivity contribution in [2.24, 2.45) is 0 Å². The minimum absolute atomic E-state index is 0.559. The fraction of sp³-hybridized carbons (Fsp3) is 0.500. The highest BCUT2D eigenvalue weighted by molar-refractivity contribution is 5.41. The second-order valence-corrected chi connectivity index (χ2v) is 5.23. The zero-order valence-electron chi connectivity index (χ0n) is 11.4. The van der Waals surface area contributed by atoms with Gasteiger partial charge in [0.25, 0.3) is 0 Å². The molecule has 100 valence electrons. The molecule has 0 saturated heterocycles. The van der Waals surface area contributed by atoms with E-state index in [0.29, 0.717) is 6.04 Å². The number of nitrogens with zero attached hydrogens (tertiary/aromatic N) is 4. The summed E-state index contributed by atoms with van der Waals surface area (Å²) in [5.74, 6) is 1.71. The van der Waals surface area contributed by atoms with Crippen LogP contribution in [0.1, 0.15) is 37.1 Å². The second kappa shape index (κ2) is 4.99. The topological polar surface area (TPSA) is 55.6 Å². The van der Waals surface area contributed by atoms with Crippen molar-refractivity contribution >= 4 is 5.82 Å². The first kappa shape index (κ1) is 12.1. The molecule has 0 bridgehead atoms. The van der Waals surface area contributed by atoms with Crippen LogP contribution in [-0.4, -0.2) is 25.8 Å². The van der Waals surface area contributed by atoms with Gasteiger partial charge in [-0.3, -0.25) is 0 Å². The van der Waals surface area contributed by atoms with Gasteiger partial charge in [-0.05, 0) is 32.8 Å². The Hall–Kier alpha value is -1.91. The van der Waals surface area contributed by atoms with Crippen molar-refractivity contribution in [1.82, 2.24) is 19.7 Å². The number of rotatable bonds is 3. The average Bonchev–Trinajstić information content (AvgIpc) is 2.99. The lowest BCUT2D eigenvalue weighted by Gasteiger charge is -2.13. The van der Waals surface area contributed by atoms with Crippen LogP contribution in [0, 0.1) is 13.8 Å². The van der Waals surface area contributed by atoms with Gasteiger partial charge in [-0.2, -0.15) is 5.10 Å². The van der Waals surface area contributed by atoms with Crippen molar-refractivity contribution in [2.75, 3.05) is 5.32 Å². The zero-order valence-corrected chi connectivity index (χ0v) is 11.4. The van der Waals surface area contributed by atoms with Gasteiger partial charge in [-0.25, -0.2) is 14.6 Å². The Morgan fingerprint density at radius 2 is 1.95 bits per heavy atom. The third-order valence-electron chi connectivity index (χ3n) is 3.59. The summed E-state index contributed by atoms with van der Waals surface area (Å²) in [6, 6.07) is 4.58. The van der Waals surface area contributed by atoms with Crippen molar-refractivity contribution in [2.45, 2.75) is 45.6 Å². The number of hydrogen-bond donors (Lipinski definition) is 1. The van der Waals surface area contributed by atoms with E-state index < -0.39 is 0 Å². The van der Waals surface area contributed by atoms with Crippen LogP contribution in [0.2, 0.25) is 0 Å². The summed E-state index contributed by atoms with van der Waals surface area (Å²) >= 11 is 0. The van der Waals surface area contributed by atoms with Crippen LogP contribution in [0.5, 0.6) is 0 Å². The van der Waals surface area contributed by atoms with E-state index in [0.717, 1.165) is 23.0 Å². The summed E-state index contributed by atoms with van der Waals surface area (Å²) in [4.78, 5) is 8.61. The molecular formula is C14H19N5. The monoisotopic (exact) mass is 257 g/mol. The highest BCUT2D eigenvalue weighted by Gasteiger charge is 2.15. The van der Waals surface area contributed by atoms with Gasteiger partial charge in [0.1, 0.15) is 12.1 Å². The molecule has 0 atom stereocenters. The lowest BCUT2D eigenvalue weighted by Crippen LogP contribution is -2.16. The van der Waals surface area contributed by atoms with E-state index in [9.17, 15) is 0 Å². The van der Waals surface area contributed by atoms with Crippen LogP contribution in [0.25, 0.3) is 5.82 Å². The zero-order chi connectivity index (χ0) is 13.2. The van der Waals surface area contributed by atoms with E-state index >= 15 is 0 Å². The average molecular weight is 257 g/mol. The lowest BCUT2D eigenvalue weighted by atomic mass is 10.2. The predicted molar refractivity (Wildman–Crippen MR) is 74.5 cm³/mol. The molecule has 0 spiro atoms. The molecule has 3 rings (SSSR count). The second-order valence-electron chi connectivity index (χ2n) is 5.23. The van der Waals surface area contributed by atoms with Gasteiger partial charge < -0.3 is 5.32 Å². The molecule has 0 aliphatic heterocycles. The van der Waals surface area contributed by atoms with Gasteiger partial charge in [0.2, 0.25) is 0 Å². The van der Waals surface area contributed by atoms with Crippen LogP contribution >= 0.6 is 0 Å². The molecule has 0 aromatic carbocycles. The Morgan fingerprint density at radius 3 is 2.63 bits per heavy atom. The Kier molecular flexibility index (Phi) is 3.19. The van der Waals surface area contributed by atoms with Crippen molar-refractivity contribution in [1.29, 1.82) is 0 Å². The fourth-order valence-corrected chi connectivity index (χ4v) is 2.68. The molecule has 19 heavy (non-hydrogen) atoms.